The summed E-state index contributed by atoms with van der Waals surface area (Å²) in [5.41, 5.74) is 8.71. The number of nitrogens with one attached hydrogen (secondary N) is 1. The molecule has 0 saturated carbocycles. The van der Waals surface area contributed by atoms with Crippen molar-refractivity contribution in [2.75, 3.05) is 11.1 Å². The zero-order valence-electron chi connectivity index (χ0n) is 9.60. The Balaban J connectivity index is 2.17. The van der Waals surface area contributed by atoms with Crippen molar-refractivity contribution >= 4 is 17.3 Å². The fraction of sp³-hybridized carbons (Fsp3) is 0.0714. The number of rotatable bonds is 2. The van der Waals surface area contributed by atoms with Gasteiger partial charge in [0.15, 0.2) is 0 Å². The summed E-state index contributed by atoms with van der Waals surface area (Å²) in [5, 5.41) is 2.78. The first kappa shape index (κ1) is 11.2. The van der Waals surface area contributed by atoms with Gasteiger partial charge in [-0.15, -0.1) is 0 Å². The summed E-state index contributed by atoms with van der Waals surface area (Å²) >= 11 is 0. The average Bonchev–Trinajstić information content (AvgIpc) is 2.33. The van der Waals surface area contributed by atoms with Gasteiger partial charge in [-0.25, -0.2) is 0 Å². The lowest BCUT2D eigenvalue weighted by Gasteiger charge is -2.07. The SMILES string of the molecule is Cc1ccc(C(=O)Nc2ccccc2N)cc1. The van der Waals surface area contributed by atoms with E-state index in [1.165, 1.54) is 0 Å². The van der Waals surface area contributed by atoms with Gasteiger partial charge in [-0.2, -0.15) is 0 Å². The van der Waals surface area contributed by atoms with Crippen LogP contribution in [0.3, 0.4) is 0 Å². The van der Waals surface area contributed by atoms with Gasteiger partial charge in [-0.05, 0) is 31.2 Å². The van der Waals surface area contributed by atoms with Crippen LogP contribution in [0.15, 0.2) is 48.5 Å². The number of carbonyl (C=O) groups excluding carboxylic acids is 1. The van der Waals surface area contributed by atoms with Gasteiger partial charge in [0.1, 0.15) is 0 Å². The Hall–Kier alpha value is -2.29. The number of nitrogens with two attached hydrogens (primary N) is 1. The fourth-order valence-corrected chi connectivity index (χ4v) is 1.51. The van der Waals surface area contributed by atoms with Gasteiger partial charge >= 0.3 is 0 Å². The van der Waals surface area contributed by atoms with E-state index in [4.69, 9.17) is 5.73 Å². The van der Waals surface area contributed by atoms with Crippen molar-refractivity contribution in [3.63, 3.8) is 0 Å². The van der Waals surface area contributed by atoms with Gasteiger partial charge in [0.05, 0.1) is 11.4 Å². The summed E-state index contributed by atoms with van der Waals surface area (Å²) in [4.78, 5) is 11.9. The van der Waals surface area contributed by atoms with Crippen LogP contribution in [0.2, 0.25) is 0 Å². The number of para-hydroxylation sites is 2. The number of hydrogen-bond donors (Lipinski definition) is 2. The molecule has 86 valence electrons. The molecule has 3 heteroatoms. The minimum Gasteiger partial charge on any atom is -0.397 e. The molecule has 0 unspecified atom stereocenters. The quantitative estimate of drug-likeness (QED) is 0.773. The molecule has 0 heterocycles. The Morgan fingerprint density at radius 3 is 2.35 bits per heavy atom. The molecule has 0 aliphatic heterocycles. The maximum atomic E-state index is 11.9. The van der Waals surface area contributed by atoms with Crippen molar-refractivity contribution in [2.45, 2.75) is 6.92 Å². The predicted molar refractivity (Wildman–Crippen MR) is 70.0 cm³/mol. The zero-order valence-corrected chi connectivity index (χ0v) is 9.60. The van der Waals surface area contributed by atoms with Gasteiger partial charge in [0.25, 0.3) is 5.91 Å². The Kier molecular flexibility index (Phi) is 3.10. The second kappa shape index (κ2) is 4.70. The molecule has 0 aliphatic rings. The van der Waals surface area contributed by atoms with Crippen molar-refractivity contribution in [3.05, 3.63) is 59.7 Å². The Bertz CT molecular complexity index is 532. The number of amides is 1. The molecule has 0 spiro atoms. The summed E-state index contributed by atoms with van der Waals surface area (Å²) in [6, 6.07) is 14.6. The molecule has 2 rings (SSSR count). The number of benzene rings is 2. The standard InChI is InChI=1S/C14H14N2O/c1-10-6-8-11(9-7-10)14(17)16-13-5-3-2-4-12(13)15/h2-9H,15H2,1H3,(H,16,17). The topological polar surface area (TPSA) is 55.1 Å². The number of hydrogen-bond acceptors (Lipinski definition) is 2. The van der Waals surface area contributed by atoms with Crippen molar-refractivity contribution in [3.8, 4) is 0 Å². The second-order valence-electron chi connectivity index (χ2n) is 3.91. The third-order valence-electron chi connectivity index (χ3n) is 2.52. The van der Waals surface area contributed by atoms with Crippen LogP contribution in [-0.2, 0) is 0 Å². The molecule has 0 aliphatic carbocycles. The van der Waals surface area contributed by atoms with E-state index in [2.05, 4.69) is 5.32 Å². The van der Waals surface area contributed by atoms with Crippen LogP contribution >= 0.6 is 0 Å². The number of anilines is 2. The highest BCUT2D eigenvalue weighted by Gasteiger charge is 2.06. The molecule has 2 aromatic rings. The van der Waals surface area contributed by atoms with E-state index in [9.17, 15) is 4.79 Å². The van der Waals surface area contributed by atoms with Gasteiger partial charge in [-0.3, -0.25) is 4.79 Å². The summed E-state index contributed by atoms with van der Waals surface area (Å²) in [6.45, 7) is 1.98. The smallest absolute Gasteiger partial charge is 0.255 e. The van der Waals surface area contributed by atoms with Crippen LogP contribution < -0.4 is 11.1 Å². The maximum absolute atomic E-state index is 11.9. The van der Waals surface area contributed by atoms with Crippen LogP contribution in [0.1, 0.15) is 15.9 Å². The van der Waals surface area contributed by atoms with Crippen LogP contribution in [-0.4, -0.2) is 5.91 Å². The van der Waals surface area contributed by atoms with E-state index in [1.807, 2.05) is 31.2 Å². The van der Waals surface area contributed by atoms with Gasteiger partial charge in [-0.1, -0.05) is 29.8 Å². The average molecular weight is 226 g/mol. The lowest BCUT2D eigenvalue weighted by atomic mass is 10.1. The van der Waals surface area contributed by atoms with E-state index in [0.29, 0.717) is 16.9 Å². The Morgan fingerprint density at radius 1 is 1.06 bits per heavy atom. The summed E-state index contributed by atoms with van der Waals surface area (Å²) in [5.74, 6) is -0.150. The Morgan fingerprint density at radius 2 is 1.71 bits per heavy atom. The highest BCUT2D eigenvalue weighted by atomic mass is 16.1. The van der Waals surface area contributed by atoms with Gasteiger partial charge < -0.3 is 11.1 Å². The molecular formula is C14H14N2O. The Labute approximate surface area is 100 Å². The van der Waals surface area contributed by atoms with Crippen LogP contribution in [0.5, 0.6) is 0 Å². The number of aryl methyl sites for hydroxylation is 1. The first-order valence-electron chi connectivity index (χ1n) is 5.39. The monoisotopic (exact) mass is 226 g/mol. The minimum absolute atomic E-state index is 0.150. The molecular weight excluding hydrogens is 212 g/mol. The molecule has 0 aromatic heterocycles. The molecule has 0 saturated heterocycles. The van der Waals surface area contributed by atoms with E-state index < -0.39 is 0 Å². The summed E-state index contributed by atoms with van der Waals surface area (Å²) < 4.78 is 0. The molecule has 0 fully saturated rings. The minimum atomic E-state index is -0.150. The highest BCUT2D eigenvalue weighted by Crippen LogP contribution is 2.17. The molecule has 0 radical (unpaired) electrons. The largest absolute Gasteiger partial charge is 0.397 e. The summed E-state index contributed by atoms with van der Waals surface area (Å²) in [6.07, 6.45) is 0. The lowest BCUT2D eigenvalue weighted by molar-refractivity contribution is 0.102. The molecule has 0 atom stereocenters. The highest BCUT2D eigenvalue weighted by molar-refractivity contribution is 6.05. The van der Waals surface area contributed by atoms with Gasteiger partial charge in [0, 0.05) is 5.56 Å². The van der Waals surface area contributed by atoms with E-state index >= 15 is 0 Å². The fourth-order valence-electron chi connectivity index (χ4n) is 1.51. The van der Waals surface area contributed by atoms with Crippen LogP contribution in [0.25, 0.3) is 0 Å². The maximum Gasteiger partial charge on any atom is 0.255 e. The normalized spacial score (nSPS) is 9.94. The van der Waals surface area contributed by atoms with Crippen molar-refractivity contribution in [1.29, 1.82) is 0 Å². The molecule has 17 heavy (non-hydrogen) atoms. The lowest BCUT2D eigenvalue weighted by Crippen LogP contribution is -2.12. The summed E-state index contributed by atoms with van der Waals surface area (Å²) in [7, 11) is 0. The predicted octanol–water partition coefficient (Wildman–Crippen LogP) is 2.83. The number of nitrogen functional groups attached to an aromatic ring is 1. The van der Waals surface area contributed by atoms with Crippen molar-refractivity contribution in [2.24, 2.45) is 0 Å². The van der Waals surface area contributed by atoms with Crippen LogP contribution in [0.4, 0.5) is 11.4 Å². The first-order valence-corrected chi connectivity index (χ1v) is 5.39. The van der Waals surface area contributed by atoms with E-state index in [1.54, 1.807) is 24.3 Å². The van der Waals surface area contributed by atoms with Crippen molar-refractivity contribution in [1.82, 2.24) is 0 Å². The second-order valence-corrected chi connectivity index (χ2v) is 3.91. The first-order chi connectivity index (χ1) is 8.16. The van der Waals surface area contributed by atoms with Crippen molar-refractivity contribution < 1.29 is 4.79 Å². The molecule has 2 aromatic carbocycles. The molecule has 3 N–H and O–H groups in total. The van der Waals surface area contributed by atoms with Crippen LogP contribution in [0, 0.1) is 6.92 Å². The third kappa shape index (κ3) is 2.64. The van der Waals surface area contributed by atoms with E-state index in [-0.39, 0.29) is 5.91 Å². The molecule has 1 amide bonds. The third-order valence-corrected chi connectivity index (χ3v) is 2.52. The number of carbonyl (C=O) groups is 1. The molecule has 0 bridgehead atoms. The zero-order chi connectivity index (χ0) is 12.3. The van der Waals surface area contributed by atoms with Gasteiger partial charge in [0.2, 0.25) is 0 Å². The van der Waals surface area contributed by atoms with E-state index in [0.717, 1.165) is 5.56 Å². The molecule has 3 nitrogen and oxygen atoms in total.